The van der Waals surface area contributed by atoms with Crippen LogP contribution in [0, 0.1) is 11.6 Å². The van der Waals surface area contributed by atoms with Crippen molar-refractivity contribution in [2.24, 2.45) is 0 Å². The fraction of sp³-hybridized carbons (Fsp3) is 0.281. The van der Waals surface area contributed by atoms with E-state index in [1.165, 1.54) is 19.1 Å². The Hall–Kier alpha value is -4.02. The number of thiophene rings is 1. The van der Waals surface area contributed by atoms with Gasteiger partial charge in [0.05, 0.1) is 22.2 Å². The number of fused-ring (bicyclic) bond motifs is 1. The van der Waals surface area contributed by atoms with Gasteiger partial charge in [0.2, 0.25) is 0 Å². The molecule has 0 saturated heterocycles. The first kappa shape index (κ1) is 30.4. The number of aldehydes is 1. The molecule has 1 heterocycles. The van der Waals surface area contributed by atoms with Crippen LogP contribution in [0.4, 0.5) is 13.6 Å². The topological polar surface area (TPSA) is 87.2 Å². The molecular formula is C32H29ClF2N2O5S. The monoisotopic (exact) mass is 626 g/mol. The van der Waals surface area contributed by atoms with Crippen molar-refractivity contribution in [1.29, 1.82) is 0 Å². The van der Waals surface area contributed by atoms with Crippen LogP contribution in [-0.4, -0.2) is 59.4 Å². The highest BCUT2D eigenvalue weighted by molar-refractivity contribution is 7.21. The van der Waals surface area contributed by atoms with Gasteiger partial charge in [-0.25, -0.2) is 13.6 Å². The first-order valence-corrected chi connectivity index (χ1v) is 14.9. The van der Waals surface area contributed by atoms with Crippen LogP contribution < -0.4 is 4.74 Å². The standard InChI is InChI=1S/C32H29ClF2N2O5S/c1-36(32(40)41)22-8-10-23(11-9-22)37(31(39)30-28(33)27-24(34)12-13-25(35)29(27)43-30)16-21-15-20(7-14-26(21)42-2)19-5-3-18(17-38)4-6-19/h3-7,12-15,17,22-23H,8-11,16H2,1-2H3,(H,40,41). The van der Waals surface area contributed by atoms with E-state index < -0.39 is 23.6 Å². The average Bonchev–Trinajstić information content (AvgIpc) is 3.39. The van der Waals surface area contributed by atoms with Gasteiger partial charge < -0.3 is 19.6 Å². The number of hydrogen-bond donors (Lipinski definition) is 1. The molecule has 0 unspecified atom stereocenters. The van der Waals surface area contributed by atoms with Gasteiger partial charge in [-0.15, -0.1) is 11.3 Å². The lowest BCUT2D eigenvalue weighted by molar-refractivity contribution is 0.0555. The second kappa shape index (κ2) is 12.7. The summed E-state index contributed by atoms with van der Waals surface area (Å²) >= 11 is 7.35. The number of nitrogens with zero attached hydrogens (tertiary/aromatic N) is 2. The van der Waals surface area contributed by atoms with Crippen LogP contribution in [-0.2, 0) is 6.54 Å². The van der Waals surface area contributed by atoms with Crippen molar-refractivity contribution in [2.45, 2.75) is 44.3 Å². The summed E-state index contributed by atoms with van der Waals surface area (Å²) in [4.78, 5) is 39.9. The van der Waals surface area contributed by atoms with Crippen LogP contribution in [0.5, 0.6) is 5.75 Å². The maximum absolute atomic E-state index is 14.7. The Labute approximate surface area is 256 Å². The summed E-state index contributed by atoms with van der Waals surface area (Å²) in [5.74, 6) is -1.30. The summed E-state index contributed by atoms with van der Waals surface area (Å²) in [5.41, 5.74) is 2.96. The molecule has 0 atom stereocenters. The summed E-state index contributed by atoms with van der Waals surface area (Å²) in [6.45, 7) is 0.113. The van der Waals surface area contributed by atoms with Crippen molar-refractivity contribution >= 4 is 51.3 Å². The Balaban J connectivity index is 1.54. The summed E-state index contributed by atoms with van der Waals surface area (Å²) in [5, 5.41) is 9.19. The number of ether oxygens (including phenoxy) is 1. The van der Waals surface area contributed by atoms with Gasteiger partial charge in [-0.1, -0.05) is 41.9 Å². The highest BCUT2D eigenvalue weighted by atomic mass is 35.5. The van der Waals surface area contributed by atoms with Crippen LogP contribution in [0.25, 0.3) is 21.2 Å². The highest BCUT2D eigenvalue weighted by Gasteiger charge is 2.34. The lowest BCUT2D eigenvalue weighted by atomic mass is 9.89. The molecule has 7 nitrogen and oxygen atoms in total. The number of benzene rings is 3. The molecule has 0 aliphatic heterocycles. The molecule has 0 radical (unpaired) electrons. The quantitative estimate of drug-likeness (QED) is 0.201. The third-order valence-corrected chi connectivity index (χ3v) is 9.77. The van der Waals surface area contributed by atoms with Gasteiger partial charge in [0, 0.05) is 36.8 Å². The van der Waals surface area contributed by atoms with E-state index in [9.17, 15) is 28.3 Å². The van der Waals surface area contributed by atoms with Crippen molar-refractivity contribution < 1.29 is 33.0 Å². The zero-order chi connectivity index (χ0) is 30.8. The minimum atomic E-state index is -1.01. The van der Waals surface area contributed by atoms with Crippen molar-refractivity contribution in [3.05, 3.63) is 87.3 Å². The Morgan fingerprint density at radius 3 is 2.23 bits per heavy atom. The molecule has 11 heteroatoms. The Morgan fingerprint density at radius 2 is 1.63 bits per heavy atom. The molecule has 0 spiro atoms. The van der Waals surface area contributed by atoms with Crippen LogP contribution in [0.15, 0.2) is 54.6 Å². The van der Waals surface area contributed by atoms with Gasteiger partial charge >= 0.3 is 6.09 Å². The smallest absolute Gasteiger partial charge is 0.407 e. The third-order valence-electron chi connectivity index (χ3n) is 8.09. The predicted octanol–water partition coefficient (Wildman–Crippen LogP) is 7.88. The molecule has 0 bridgehead atoms. The van der Waals surface area contributed by atoms with Crippen LogP contribution in [0.3, 0.4) is 0 Å². The molecule has 5 rings (SSSR count). The predicted molar refractivity (Wildman–Crippen MR) is 162 cm³/mol. The van der Waals surface area contributed by atoms with Gasteiger partial charge in [-0.2, -0.15) is 0 Å². The Morgan fingerprint density at radius 1 is 1.00 bits per heavy atom. The number of rotatable bonds is 8. The van der Waals surface area contributed by atoms with Crippen LogP contribution in [0.2, 0.25) is 5.02 Å². The molecular weight excluding hydrogens is 598 g/mol. The number of halogens is 3. The summed E-state index contributed by atoms with van der Waals surface area (Å²) < 4.78 is 34.9. The normalized spacial score (nSPS) is 16.6. The summed E-state index contributed by atoms with van der Waals surface area (Å²) in [6, 6.07) is 14.2. The second-order valence-corrected chi connectivity index (χ2v) is 11.9. The van der Waals surface area contributed by atoms with E-state index in [4.69, 9.17) is 16.3 Å². The van der Waals surface area contributed by atoms with Crippen molar-refractivity contribution in [3.63, 3.8) is 0 Å². The van der Waals surface area contributed by atoms with Gasteiger partial charge in [0.1, 0.15) is 28.5 Å². The molecule has 3 aromatic carbocycles. The molecule has 1 fully saturated rings. The van der Waals surface area contributed by atoms with Gasteiger partial charge in [-0.3, -0.25) is 9.59 Å². The molecule has 1 aromatic heterocycles. The number of hydrogen-bond acceptors (Lipinski definition) is 5. The molecule has 1 aliphatic rings. The van der Waals surface area contributed by atoms with E-state index >= 15 is 0 Å². The van der Waals surface area contributed by atoms with E-state index in [0.717, 1.165) is 40.9 Å². The minimum absolute atomic E-state index is 0.0292. The van der Waals surface area contributed by atoms with E-state index in [0.29, 0.717) is 42.6 Å². The van der Waals surface area contributed by atoms with Crippen LogP contribution in [0.1, 0.15) is 51.3 Å². The molecule has 43 heavy (non-hydrogen) atoms. The molecule has 224 valence electrons. The maximum Gasteiger partial charge on any atom is 0.407 e. The van der Waals surface area contributed by atoms with Crippen molar-refractivity contribution in [1.82, 2.24) is 9.80 Å². The highest BCUT2D eigenvalue weighted by Crippen LogP contribution is 2.41. The zero-order valence-electron chi connectivity index (χ0n) is 23.5. The van der Waals surface area contributed by atoms with Gasteiger partial charge in [0.15, 0.2) is 0 Å². The first-order valence-electron chi connectivity index (χ1n) is 13.7. The molecule has 1 aliphatic carbocycles. The number of carbonyl (C=O) groups excluding carboxylic acids is 2. The van der Waals surface area contributed by atoms with Gasteiger partial charge in [-0.05, 0) is 61.1 Å². The number of amides is 2. The third kappa shape index (κ3) is 6.07. The van der Waals surface area contributed by atoms with Crippen molar-refractivity contribution in [2.75, 3.05) is 14.2 Å². The fourth-order valence-corrected chi connectivity index (χ4v) is 7.17. The fourth-order valence-electron chi connectivity index (χ4n) is 5.67. The van der Waals surface area contributed by atoms with Crippen LogP contribution >= 0.6 is 22.9 Å². The SMILES string of the molecule is COc1ccc(-c2ccc(C=O)cc2)cc1CN(C(=O)c1sc2c(F)ccc(F)c2c1Cl)C1CCC(N(C)C(=O)O)CC1. The molecule has 2 amide bonds. The molecule has 1 saturated carbocycles. The summed E-state index contributed by atoms with van der Waals surface area (Å²) in [7, 11) is 3.07. The average molecular weight is 627 g/mol. The number of carbonyl (C=O) groups is 3. The van der Waals surface area contributed by atoms with Crippen molar-refractivity contribution in [3.8, 4) is 16.9 Å². The Bertz CT molecular complexity index is 1690. The van der Waals surface area contributed by atoms with E-state index in [1.807, 2.05) is 24.3 Å². The lowest BCUT2D eigenvalue weighted by Crippen LogP contribution is -2.46. The van der Waals surface area contributed by atoms with Gasteiger partial charge in [0.25, 0.3) is 5.91 Å². The van der Waals surface area contributed by atoms with E-state index in [1.54, 1.807) is 23.1 Å². The summed E-state index contributed by atoms with van der Waals surface area (Å²) in [6.07, 6.45) is 1.89. The van der Waals surface area contributed by atoms with E-state index in [2.05, 4.69) is 0 Å². The maximum atomic E-state index is 14.7. The molecule has 1 N–H and O–H groups in total. The first-order chi connectivity index (χ1) is 20.6. The number of methoxy groups -OCH3 is 1. The second-order valence-electron chi connectivity index (χ2n) is 10.5. The minimum Gasteiger partial charge on any atom is -0.496 e. The number of carboxylic acid groups (broad SMARTS) is 1. The Kier molecular flexibility index (Phi) is 8.98. The molecule has 4 aromatic rings. The largest absolute Gasteiger partial charge is 0.496 e. The van der Waals surface area contributed by atoms with E-state index in [-0.39, 0.29) is 38.6 Å². The lowest BCUT2D eigenvalue weighted by Gasteiger charge is -2.39. The zero-order valence-corrected chi connectivity index (χ0v) is 25.1.